The molecule has 0 bridgehead atoms. The van der Waals surface area contributed by atoms with Gasteiger partial charge < -0.3 is 9.84 Å². The lowest BCUT2D eigenvalue weighted by atomic mass is 10.3. The Bertz CT molecular complexity index is 127. The minimum atomic E-state index is -0.174. The number of rotatable bonds is 6. The second kappa shape index (κ2) is 7.43. The topological polar surface area (TPSA) is 46.5 Å². The Morgan fingerprint density at radius 3 is 2.83 bits per heavy atom. The van der Waals surface area contributed by atoms with Gasteiger partial charge in [0.05, 0.1) is 12.4 Å². The zero-order chi connectivity index (χ0) is 9.40. The fourth-order valence-corrected chi connectivity index (χ4v) is 1.45. The summed E-state index contributed by atoms with van der Waals surface area (Å²) in [4.78, 5) is 10.8. The molecule has 0 spiro atoms. The fourth-order valence-electron chi connectivity index (χ4n) is 0.678. The molecule has 0 rings (SSSR count). The largest absolute Gasteiger partial charge is 0.465 e. The average Bonchev–Trinajstić information content (AvgIpc) is 2.02. The number of carbonyl (C=O) groups excluding carboxylic acids is 1. The van der Waals surface area contributed by atoms with Gasteiger partial charge in [0.15, 0.2) is 0 Å². The molecular formula is C8H16O3S. The molecule has 4 heteroatoms. The second-order valence-electron chi connectivity index (χ2n) is 2.44. The Kier molecular flexibility index (Phi) is 7.29. The van der Waals surface area contributed by atoms with Gasteiger partial charge in [0.25, 0.3) is 0 Å². The molecule has 0 saturated carbocycles. The second-order valence-corrected chi connectivity index (χ2v) is 3.87. The molecular weight excluding hydrogens is 176 g/mol. The maximum Gasteiger partial charge on any atom is 0.315 e. The number of esters is 1. The van der Waals surface area contributed by atoms with Crippen molar-refractivity contribution in [2.45, 2.75) is 25.5 Å². The first-order valence-electron chi connectivity index (χ1n) is 4.08. The van der Waals surface area contributed by atoms with Gasteiger partial charge in [-0.3, -0.25) is 4.79 Å². The maximum absolute atomic E-state index is 10.8. The minimum Gasteiger partial charge on any atom is -0.465 e. The lowest BCUT2D eigenvalue weighted by Gasteiger charge is -2.07. The van der Waals surface area contributed by atoms with E-state index in [2.05, 4.69) is 0 Å². The number of carbonyl (C=O) groups is 1. The van der Waals surface area contributed by atoms with Crippen LogP contribution in [0.3, 0.4) is 0 Å². The van der Waals surface area contributed by atoms with Crippen molar-refractivity contribution in [3.63, 3.8) is 0 Å². The van der Waals surface area contributed by atoms with Crippen molar-refractivity contribution in [1.82, 2.24) is 0 Å². The van der Waals surface area contributed by atoms with Crippen LogP contribution in [0.15, 0.2) is 0 Å². The molecule has 1 N–H and O–H groups in total. The van der Waals surface area contributed by atoms with Crippen LogP contribution in [0.25, 0.3) is 0 Å². The Labute approximate surface area is 77.5 Å². The summed E-state index contributed by atoms with van der Waals surface area (Å²) in [5, 5.41) is 8.89. The number of thioether (sulfide) groups is 1. The van der Waals surface area contributed by atoms with Crippen LogP contribution in [0.5, 0.6) is 0 Å². The predicted molar refractivity (Wildman–Crippen MR) is 50.3 cm³/mol. The van der Waals surface area contributed by atoms with E-state index in [1.165, 1.54) is 11.8 Å². The Morgan fingerprint density at radius 2 is 2.33 bits per heavy atom. The first-order valence-corrected chi connectivity index (χ1v) is 5.13. The molecule has 12 heavy (non-hydrogen) atoms. The molecule has 0 unspecified atom stereocenters. The van der Waals surface area contributed by atoms with E-state index < -0.39 is 0 Å². The molecule has 72 valence electrons. The Morgan fingerprint density at radius 1 is 1.67 bits per heavy atom. The Hall–Kier alpha value is -0.220. The molecule has 0 aromatic carbocycles. The summed E-state index contributed by atoms with van der Waals surface area (Å²) >= 11 is 1.51. The molecule has 0 aliphatic carbocycles. The van der Waals surface area contributed by atoms with Crippen LogP contribution in [0.4, 0.5) is 0 Å². The van der Waals surface area contributed by atoms with Crippen molar-refractivity contribution in [2.24, 2.45) is 0 Å². The predicted octanol–water partition coefficient (Wildman–Crippen LogP) is 1.05. The number of aliphatic hydroxyl groups is 1. The van der Waals surface area contributed by atoms with E-state index in [0.29, 0.717) is 17.6 Å². The summed E-state index contributed by atoms with van der Waals surface area (Å²) in [7, 11) is 0. The zero-order valence-corrected chi connectivity index (χ0v) is 8.39. The highest BCUT2D eigenvalue weighted by Gasteiger charge is 2.06. The molecule has 0 aliphatic heterocycles. The molecule has 0 aliphatic rings. The molecule has 0 fully saturated rings. The standard InChI is InChI=1S/C8H16O3S/c1-3-11-8(10)6-12-7(2)4-5-9/h7,9H,3-6H2,1-2H3/t7-/m1/s1. The summed E-state index contributed by atoms with van der Waals surface area (Å²) in [5.74, 6) is 0.210. The van der Waals surface area contributed by atoms with Crippen molar-refractivity contribution in [3.05, 3.63) is 0 Å². The van der Waals surface area contributed by atoms with Crippen molar-refractivity contribution in [3.8, 4) is 0 Å². The van der Waals surface area contributed by atoms with Crippen LogP contribution in [-0.2, 0) is 9.53 Å². The molecule has 1 atom stereocenters. The van der Waals surface area contributed by atoms with Crippen molar-refractivity contribution < 1.29 is 14.6 Å². The smallest absolute Gasteiger partial charge is 0.315 e. The van der Waals surface area contributed by atoms with E-state index in [9.17, 15) is 4.79 Å². The highest BCUT2D eigenvalue weighted by Crippen LogP contribution is 2.13. The summed E-state index contributed by atoms with van der Waals surface area (Å²) in [6.07, 6.45) is 0.726. The van der Waals surface area contributed by atoms with Gasteiger partial charge in [0.2, 0.25) is 0 Å². The van der Waals surface area contributed by atoms with Crippen molar-refractivity contribution >= 4 is 17.7 Å². The summed E-state index contributed by atoms with van der Waals surface area (Å²) in [6.45, 7) is 4.39. The fraction of sp³-hybridized carbons (Fsp3) is 0.875. The van der Waals surface area contributed by atoms with Crippen LogP contribution >= 0.6 is 11.8 Å². The van der Waals surface area contributed by atoms with E-state index in [1.54, 1.807) is 6.92 Å². The van der Waals surface area contributed by atoms with Gasteiger partial charge in [-0.15, -0.1) is 11.8 Å². The van der Waals surface area contributed by atoms with E-state index in [1.807, 2.05) is 6.92 Å². The number of hydrogen-bond donors (Lipinski definition) is 1. The van der Waals surface area contributed by atoms with E-state index in [-0.39, 0.29) is 12.6 Å². The quantitative estimate of drug-likeness (QED) is 0.639. The van der Waals surface area contributed by atoms with Crippen LogP contribution in [0, 0.1) is 0 Å². The van der Waals surface area contributed by atoms with Crippen LogP contribution in [-0.4, -0.2) is 35.3 Å². The normalized spacial score (nSPS) is 12.6. The number of hydrogen-bond acceptors (Lipinski definition) is 4. The van der Waals surface area contributed by atoms with E-state index in [4.69, 9.17) is 9.84 Å². The lowest BCUT2D eigenvalue weighted by Crippen LogP contribution is -2.10. The molecule has 0 heterocycles. The van der Waals surface area contributed by atoms with Crippen molar-refractivity contribution in [2.75, 3.05) is 19.0 Å². The number of ether oxygens (including phenoxy) is 1. The van der Waals surface area contributed by atoms with Crippen LogP contribution in [0.1, 0.15) is 20.3 Å². The highest BCUT2D eigenvalue weighted by atomic mass is 32.2. The third kappa shape index (κ3) is 6.49. The zero-order valence-electron chi connectivity index (χ0n) is 7.58. The average molecular weight is 192 g/mol. The Balaban J connectivity index is 3.33. The summed E-state index contributed by atoms with van der Waals surface area (Å²) < 4.78 is 4.75. The first-order chi connectivity index (χ1) is 5.70. The van der Waals surface area contributed by atoms with Crippen LogP contribution < -0.4 is 0 Å². The highest BCUT2D eigenvalue weighted by molar-refractivity contribution is 8.00. The third-order valence-corrected chi connectivity index (χ3v) is 2.53. The summed E-state index contributed by atoms with van der Waals surface area (Å²) in [6, 6.07) is 0. The molecule has 0 aromatic heterocycles. The molecule has 0 amide bonds. The number of aliphatic hydroxyl groups excluding tert-OH is 1. The van der Waals surface area contributed by atoms with Gasteiger partial charge in [-0.25, -0.2) is 0 Å². The molecule has 0 saturated heterocycles. The van der Waals surface area contributed by atoms with E-state index in [0.717, 1.165) is 6.42 Å². The van der Waals surface area contributed by atoms with Gasteiger partial charge in [-0.05, 0) is 13.3 Å². The SMILES string of the molecule is CCOC(=O)CS[C@H](C)CCO. The minimum absolute atomic E-state index is 0.174. The summed E-state index contributed by atoms with van der Waals surface area (Å²) in [5.41, 5.74) is 0. The molecule has 0 radical (unpaired) electrons. The van der Waals surface area contributed by atoms with Crippen molar-refractivity contribution in [1.29, 1.82) is 0 Å². The van der Waals surface area contributed by atoms with Gasteiger partial charge >= 0.3 is 5.97 Å². The van der Waals surface area contributed by atoms with Gasteiger partial charge in [0.1, 0.15) is 0 Å². The molecule has 3 nitrogen and oxygen atoms in total. The van der Waals surface area contributed by atoms with Gasteiger partial charge in [-0.2, -0.15) is 0 Å². The van der Waals surface area contributed by atoms with Gasteiger partial charge in [-0.1, -0.05) is 6.92 Å². The van der Waals surface area contributed by atoms with Crippen LogP contribution in [0.2, 0.25) is 0 Å². The van der Waals surface area contributed by atoms with E-state index >= 15 is 0 Å². The lowest BCUT2D eigenvalue weighted by molar-refractivity contribution is -0.139. The third-order valence-electron chi connectivity index (χ3n) is 1.33. The monoisotopic (exact) mass is 192 g/mol. The van der Waals surface area contributed by atoms with Gasteiger partial charge in [0, 0.05) is 11.9 Å². The first kappa shape index (κ1) is 11.8. The maximum atomic E-state index is 10.8. The molecule has 0 aromatic rings.